The number of fused-ring (bicyclic) bond motifs is 1. The number of pyridine rings is 1. The molecule has 0 spiro atoms. The number of hydrogen-bond donors (Lipinski definition) is 1. The number of amides is 1. The van der Waals surface area contributed by atoms with E-state index in [1.807, 2.05) is 67.9 Å². The largest absolute Gasteiger partial charge is 0.497 e. The summed E-state index contributed by atoms with van der Waals surface area (Å²) in [4.78, 5) is 29.5. The number of nitrogens with zero attached hydrogens (tertiary/aromatic N) is 3. The predicted octanol–water partition coefficient (Wildman–Crippen LogP) is 4.98. The number of benzene rings is 2. The van der Waals surface area contributed by atoms with Crippen LogP contribution in [0.3, 0.4) is 0 Å². The molecule has 0 saturated carbocycles. The molecule has 186 valence electrons. The third kappa shape index (κ3) is 6.48. The van der Waals surface area contributed by atoms with Crippen LogP contribution in [0.4, 0.5) is 0 Å². The van der Waals surface area contributed by atoms with Gasteiger partial charge in [0.1, 0.15) is 20.9 Å². The van der Waals surface area contributed by atoms with Crippen LogP contribution in [0, 0.1) is 3.70 Å². The van der Waals surface area contributed by atoms with E-state index < -0.39 is 0 Å². The van der Waals surface area contributed by atoms with Crippen LogP contribution in [0.2, 0.25) is 0 Å². The second kappa shape index (κ2) is 10.8. The van der Waals surface area contributed by atoms with Gasteiger partial charge < -0.3 is 10.1 Å². The van der Waals surface area contributed by atoms with Gasteiger partial charge >= 0.3 is 0 Å². The van der Waals surface area contributed by atoms with Crippen LogP contribution in [-0.2, 0) is 24.2 Å². The number of nitrogens with one attached hydrogen (secondary N) is 1. The maximum Gasteiger partial charge on any atom is 0.270 e. The summed E-state index contributed by atoms with van der Waals surface area (Å²) < 4.78 is 8.14. The molecule has 1 N–H and O–H groups in total. The van der Waals surface area contributed by atoms with Crippen LogP contribution in [0.15, 0.2) is 60.8 Å². The fourth-order valence-electron chi connectivity index (χ4n) is 3.94. The topological polar surface area (TPSA) is 86.1 Å². The molecule has 4 aromatic rings. The molecule has 0 bridgehead atoms. The Hall–Kier alpha value is -3.27. The van der Waals surface area contributed by atoms with Crippen molar-refractivity contribution >= 4 is 45.2 Å². The Bertz CT molecular complexity index is 1400. The summed E-state index contributed by atoms with van der Waals surface area (Å²) in [7, 11) is 1.65. The molecule has 0 aliphatic rings. The molecule has 0 aliphatic carbocycles. The van der Waals surface area contributed by atoms with Crippen molar-refractivity contribution in [2.24, 2.45) is 0 Å². The van der Waals surface area contributed by atoms with Gasteiger partial charge in [0, 0.05) is 30.0 Å². The standard InChI is InChI=1S/C28H29IN4O3/c1-28(2,3)31-27(35)24-15-20(11-12-30-24)14-21(34)13-19-7-10-23-25(16-19)33(32-26(23)29)17-18-5-8-22(36-4)9-6-18/h5-12,15-16H,13-14,17H2,1-4H3,(H,31,35). The number of hydrogen-bond acceptors (Lipinski definition) is 5. The molecule has 7 nitrogen and oxygen atoms in total. The van der Waals surface area contributed by atoms with Gasteiger partial charge in [-0.3, -0.25) is 19.3 Å². The third-order valence-electron chi connectivity index (χ3n) is 5.61. The van der Waals surface area contributed by atoms with Crippen LogP contribution in [0.25, 0.3) is 10.9 Å². The van der Waals surface area contributed by atoms with Crippen molar-refractivity contribution in [2.75, 3.05) is 7.11 Å². The fourth-order valence-corrected chi connectivity index (χ4v) is 4.66. The summed E-state index contributed by atoms with van der Waals surface area (Å²) in [5.41, 5.74) is 3.76. The minimum atomic E-state index is -0.360. The summed E-state index contributed by atoms with van der Waals surface area (Å²) in [6.45, 7) is 6.37. The minimum absolute atomic E-state index is 0.0682. The van der Waals surface area contributed by atoms with E-state index in [1.54, 1.807) is 25.4 Å². The van der Waals surface area contributed by atoms with Gasteiger partial charge in [0.25, 0.3) is 5.91 Å². The zero-order chi connectivity index (χ0) is 25.9. The Morgan fingerprint density at radius 2 is 1.64 bits per heavy atom. The van der Waals surface area contributed by atoms with Crippen LogP contribution in [-0.4, -0.2) is 39.1 Å². The van der Waals surface area contributed by atoms with Gasteiger partial charge in [-0.05, 0) is 96.5 Å². The van der Waals surface area contributed by atoms with Gasteiger partial charge in [0.15, 0.2) is 0 Å². The smallest absolute Gasteiger partial charge is 0.270 e. The molecule has 8 heteroatoms. The molecule has 36 heavy (non-hydrogen) atoms. The quantitative estimate of drug-likeness (QED) is 0.290. The van der Waals surface area contributed by atoms with Gasteiger partial charge in [0.05, 0.1) is 19.2 Å². The normalized spacial score (nSPS) is 11.5. The highest BCUT2D eigenvalue weighted by molar-refractivity contribution is 14.1. The molecule has 2 heterocycles. The van der Waals surface area contributed by atoms with Gasteiger partial charge in [-0.2, -0.15) is 5.10 Å². The lowest BCUT2D eigenvalue weighted by Gasteiger charge is -2.20. The van der Waals surface area contributed by atoms with Crippen LogP contribution in [0.5, 0.6) is 5.75 Å². The molecule has 0 radical (unpaired) electrons. The highest BCUT2D eigenvalue weighted by Gasteiger charge is 2.17. The number of Topliss-reactive ketones (excluding diaryl/α,β-unsaturated/α-hetero) is 1. The Kier molecular flexibility index (Phi) is 7.73. The van der Waals surface area contributed by atoms with Crippen molar-refractivity contribution < 1.29 is 14.3 Å². The SMILES string of the molecule is COc1ccc(Cn2nc(I)c3ccc(CC(=O)Cc4ccnc(C(=O)NC(C)(C)C)c4)cc32)cc1. The zero-order valence-corrected chi connectivity index (χ0v) is 23.0. The minimum Gasteiger partial charge on any atom is -0.497 e. The lowest BCUT2D eigenvalue weighted by atomic mass is 10.0. The van der Waals surface area contributed by atoms with Crippen molar-refractivity contribution in [1.82, 2.24) is 20.1 Å². The highest BCUT2D eigenvalue weighted by atomic mass is 127. The van der Waals surface area contributed by atoms with E-state index in [-0.39, 0.29) is 23.7 Å². The number of ketones is 1. The molecule has 0 unspecified atom stereocenters. The van der Waals surface area contributed by atoms with E-state index in [4.69, 9.17) is 9.84 Å². The van der Waals surface area contributed by atoms with Crippen molar-refractivity contribution in [3.05, 3.63) is 86.9 Å². The Labute approximate surface area is 224 Å². The maximum atomic E-state index is 12.9. The monoisotopic (exact) mass is 596 g/mol. The lowest BCUT2D eigenvalue weighted by molar-refractivity contribution is -0.117. The van der Waals surface area contributed by atoms with E-state index in [1.165, 1.54) is 0 Å². The maximum absolute atomic E-state index is 12.9. The van der Waals surface area contributed by atoms with Gasteiger partial charge in [-0.1, -0.05) is 18.2 Å². The average Bonchev–Trinajstić information content (AvgIpc) is 3.13. The van der Waals surface area contributed by atoms with Crippen molar-refractivity contribution in [3.63, 3.8) is 0 Å². The number of carbonyl (C=O) groups is 2. The molecule has 0 aliphatic heterocycles. The van der Waals surface area contributed by atoms with Gasteiger partial charge in [0.2, 0.25) is 0 Å². The lowest BCUT2D eigenvalue weighted by Crippen LogP contribution is -2.40. The molecule has 1 amide bonds. The van der Waals surface area contributed by atoms with Crippen molar-refractivity contribution in [2.45, 2.75) is 45.7 Å². The number of ether oxygens (including phenoxy) is 1. The molecule has 0 fully saturated rings. The summed E-state index contributed by atoms with van der Waals surface area (Å²) in [5, 5.41) is 8.67. The highest BCUT2D eigenvalue weighted by Crippen LogP contribution is 2.24. The molecule has 4 rings (SSSR count). The Morgan fingerprint density at radius 3 is 2.31 bits per heavy atom. The van der Waals surface area contributed by atoms with Crippen LogP contribution >= 0.6 is 22.6 Å². The third-order valence-corrected chi connectivity index (χ3v) is 6.41. The van der Waals surface area contributed by atoms with Gasteiger partial charge in [-0.15, -0.1) is 0 Å². The molecular formula is C28H29IN4O3. The Morgan fingerprint density at radius 1 is 0.972 bits per heavy atom. The summed E-state index contributed by atoms with van der Waals surface area (Å²) in [6, 6.07) is 17.4. The number of carbonyl (C=O) groups excluding carboxylic acids is 2. The van der Waals surface area contributed by atoms with E-state index in [0.29, 0.717) is 18.7 Å². The fraction of sp³-hybridized carbons (Fsp3) is 0.286. The van der Waals surface area contributed by atoms with Crippen LogP contribution in [0.1, 0.15) is 48.0 Å². The first kappa shape index (κ1) is 25.8. The predicted molar refractivity (Wildman–Crippen MR) is 148 cm³/mol. The molecule has 0 atom stereocenters. The second-order valence-corrected chi connectivity index (χ2v) is 10.8. The Balaban J connectivity index is 1.48. The number of rotatable bonds is 8. The average molecular weight is 596 g/mol. The summed E-state index contributed by atoms with van der Waals surface area (Å²) >= 11 is 2.24. The zero-order valence-electron chi connectivity index (χ0n) is 20.8. The van der Waals surface area contributed by atoms with Crippen molar-refractivity contribution in [3.8, 4) is 5.75 Å². The number of aromatic nitrogens is 3. The first-order chi connectivity index (χ1) is 17.1. The van der Waals surface area contributed by atoms with E-state index in [0.717, 1.165) is 37.0 Å². The number of methoxy groups -OCH3 is 1. The van der Waals surface area contributed by atoms with E-state index >= 15 is 0 Å². The van der Waals surface area contributed by atoms with E-state index in [2.05, 4.69) is 32.9 Å². The van der Waals surface area contributed by atoms with Gasteiger partial charge in [-0.25, -0.2) is 0 Å². The first-order valence-electron chi connectivity index (χ1n) is 11.7. The number of halogens is 1. The van der Waals surface area contributed by atoms with Crippen LogP contribution < -0.4 is 10.1 Å². The molecule has 0 saturated heterocycles. The summed E-state index contributed by atoms with van der Waals surface area (Å²) in [5.74, 6) is 0.635. The van der Waals surface area contributed by atoms with Crippen molar-refractivity contribution in [1.29, 1.82) is 0 Å². The molecule has 2 aromatic heterocycles. The molecular weight excluding hydrogens is 567 g/mol. The molecule has 2 aromatic carbocycles. The van der Waals surface area contributed by atoms with E-state index in [9.17, 15) is 9.59 Å². The summed E-state index contributed by atoms with van der Waals surface area (Å²) in [6.07, 6.45) is 2.11. The second-order valence-electron chi connectivity index (χ2n) is 9.79. The first-order valence-corrected chi connectivity index (χ1v) is 12.8.